The highest BCUT2D eigenvalue weighted by molar-refractivity contribution is 5.80. The van der Waals surface area contributed by atoms with Gasteiger partial charge >= 0.3 is 0 Å². The van der Waals surface area contributed by atoms with Crippen molar-refractivity contribution in [3.8, 4) is 0 Å². The van der Waals surface area contributed by atoms with Gasteiger partial charge in [0.25, 0.3) is 0 Å². The van der Waals surface area contributed by atoms with Crippen molar-refractivity contribution < 1.29 is 4.79 Å². The summed E-state index contributed by atoms with van der Waals surface area (Å²) in [5, 5.41) is 0. The molecule has 2 aromatic rings. The molecule has 2 N–H and O–H groups in total. The third-order valence-electron chi connectivity index (χ3n) is 4.10. The zero-order chi connectivity index (χ0) is 16.2. The maximum absolute atomic E-state index is 11.1. The molecular formula is C20H20N2O. The summed E-state index contributed by atoms with van der Waals surface area (Å²) in [6.07, 6.45) is 5.16. The summed E-state index contributed by atoms with van der Waals surface area (Å²) in [7, 11) is 0. The van der Waals surface area contributed by atoms with Crippen molar-refractivity contribution in [3.63, 3.8) is 0 Å². The Kier molecular flexibility index (Phi) is 4.29. The molecule has 0 saturated carbocycles. The van der Waals surface area contributed by atoms with Gasteiger partial charge in [0.05, 0.1) is 0 Å². The van der Waals surface area contributed by atoms with Gasteiger partial charge in [-0.3, -0.25) is 4.79 Å². The SMILES string of the molecule is C=C(CCC(N)=O)N1Cc2ccccc2/C=C\c2ccccc21. The van der Waals surface area contributed by atoms with Crippen LogP contribution in [0.5, 0.6) is 0 Å². The fourth-order valence-corrected chi connectivity index (χ4v) is 2.83. The first-order valence-electron chi connectivity index (χ1n) is 7.74. The van der Waals surface area contributed by atoms with E-state index >= 15 is 0 Å². The van der Waals surface area contributed by atoms with E-state index in [-0.39, 0.29) is 5.91 Å². The van der Waals surface area contributed by atoms with Gasteiger partial charge in [0, 0.05) is 24.4 Å². The molecule has 0 radical (unpaired) electrons. The summed E-state index contributed by atoms with van der Waals surface area (Å²) in [5.74, 6) is -0.299. The zero-order valence-electron chi connectivity index (χ0n) is 13.0. The first-order valence-corrected chi connectivity index (χ1v) is 7.74. The minimum absolute atomic E-state index is 0.299. The lowest BCUT2D eigenvalue weighted by Crippen LogP contribution is -2.24. The summed E-state index contributed by atoms with van der Waals surface area (Å²) >= 11 is 0. The Balaban J connectivity index is 2.02. The number of anilines is 1. The third-order valence-corrected chi connectivity index (χ3v) is 4.10. The van der Waals surface area contributed by atoms with Gasteiger partial charge < -0.3 is 10.6 Å². The number of amides is 1. The van der Waals surface area contributed by atoms with Gasteiger partial charge in [-0.15, -0.1) is 0 Å². The zero-order valence-corrected chi connectivity index (χ0v) is 13.0. The summed E-state index contributed by atoms with van der Waals surface area (Å²) in [6, 6.07) is 16.6. The molecule has 1 heterocycles. The van der Waals surface area contributed by atoms with Gasteiger partial charge in [0.1, 0.15) is 0 Å². The Morgan fingerprint density at radius 2 is 1.65 bits per heavy atom. The molecule has 1 aliphatic rings. The molecule has 116 valence electrons. The summed E-state index contributed by atoms with van der Waals surface area (Å²) in [6.45, 7) is 4.92. The second kappa shape index (κ2) is 6.53. The predicted molar refractivity (Wildman–Crippen MR) is 95.6 cm³/mol. The number of fused-ring (bicyclic) bond motifs is 2. The molecule has 1 amide bonds. The monoisotopic (exact) mass is 304 g/mol. The molecule has 0 bridgehead atoms. The number of benzene rings is 2. The van der Waals surface area contributed by atoms with Crippen molar-refractivity contribution in [2.45, 2.75) is 19.4 Å². The molecule has 3 rings (SSSR count). The standard InChI is InChI=1S/C20H20N2O/c1-15(10-13-20(21)23)22-14-18-8-3-2-6-16(18)11-12-17-7-4-5-9-19(17)22/h2-9,11-12H,1,10,13-14H2,(H2,21,23)/b12-11-. The van der Waals surface area contributed by atoms with Crippen molar-refractivity contribution in [2.75, 3.05) is 4.90 Å². The predicted octanol–water partition coefficient (Wildman–Crippen LogP) is 3.96. The summed E-state index contributed by atoms with van der Waals surface area (Å²) < 4.78 is 0. The highest BCUT2D eigenvalue weighted by atomic mass is 16.1. The van der Waals surface area contributed by atoms with Gasteiger partial charge in [0.2, 0.25) is 5.91 Å². The normalized spacial score (nSPS) is 14.2. The molecule has 23 heavy (non-hydrogen) atoms. The smallest absolute Gasteiger partial charge is 0.217 e. The number of nitrogens with two attached hydrogens (primary N) is 1. The van der Waals surface area contributed by atoms with Crippen molar-refractivity contribution in [1.82, 2.24) is 0 Å². The van der Waals surface area contributed by atoms with Crippen LogP contribution >= 0.6 is 0 Å². The second-order valence-electron chi connectivity index (χ2n) is 5.71. The van der Waals surface area contributed by atoms with Crippen molar-refractivity contribution in [2.24, 2.45) is 5.73 Å². The van der Waals surface area contributed by atoms with Crippen LogP contribution in [0.15, 0.2) is 60.8 Å². The van der Waals surface area contributed by atoms with E-state index in [1.54, 1.807) is 0 Å². The lowest BCUT2D eigenvalue weighted by Gasteiger charge is -2.30. The fraction of sp³-hybridized carbons (Fsp3) is 0.150. The van der Waals surface area contributed by atoms with E-state index in [1.165, 1.54) is 11.1 Å². The van der Waals surface area contributed by atoms with Crippen LogP contribution in [-0.4, -0.2) is 5.91 Å². The Morgan fingerprint density at radius 3 is 2.43 bits per heavy atom. The fourth-order valence-electron chi connectivity index (χ4n) is 2.83. The number of carbonyl (C=O) groups is 1. The number of para-hydroxylation sites is 1. The number of hydrogen-bond donors (Lipinski definition) is 1. The molecule has 1 aliphatic heterocycles. The Morgan fingerprint density at radius 1 is 1.00 bits per heavy atom. The molecule has 2 aromatic carbocycles. The highest BCUT2D eigenvalue weighted by Crippen LogP contribution is 2.31. The topological polar surface area (TPSA) is 46.3 Å². The van der Waals surface area contributed by atoms with Crippen molar-refractivity contribution in [3.05, 3.63) is 77.5 Å². The quantitative estimate of drug-likeness (QED) is 0.929. The molecule has 3 heteroatoms. The molecule has 0 fully saturated rings. The van der Waals surface area contributed by atoms with Crippen LogP contribution in [0, 0.1) is 0 Å². The molecular weight excluding hydrogens is 284 g/mol. The second-order valence-corrected chi connectivity index (χ2v) is 5.71. The Labute approximate surface area is 136 Å². The lowest BCUT2D eigenvalue weighted by molar-refractivity contribution is -0.117. The van der Waals surface area contributed by atoms with E-state index in [1.807, 2.05) is 24.3 Å². The molecule has 0 aliphatic carbocycles. The van der Waals surface area contributed by atoms with Crippen LogP contribution in [0.4, 0.5) is 5.69 Å². The van der Waals surface area contributed by atoms with Gasteiger partial charge in [-0.25, -0.2) is 0 Å². The van der Waals surface area contributed by atoms with Crippen LogP contribution in [-0.2, 0) is 11.3 Å². The number of carbonyl (C=O) groups excluding carboxylic acids is 1. The van der Waals surface area contributed by atoms with E-state index < -0.39 is 0 Å². The maximum Gasteiger partial charge on any atom is 0.217 e. The maximum atomic E-state index is 11.1. The van der Waals surface area contributed by atoms with E-state index in [0.717, 1.165) is 23.5 Å². The van der Waals surface area contributed by atoms with Crippen LogP contribution in [0.25, 0.3) is 12.2 Å². The van der Waals surface area contributed by atoms with Gasteiger partial charge in [0.15, 0.2) is 0 Å². The number of hydrogen-bond acceptors (Lipinski definition) is 2. The minimum atomic E-state index is -0.299. The molecule has 0 atom stereocenters. The van der Waals surface area contributed by atoms with Crippen LogP contribution in [0.3, 0.4) is 0 Å². The molecule has 0 aromatic heterocycles. The largest absolute Gasteiger partial charge is 0.370 e. The minimum Gasteiger partial charge on any atom is -0.370 e. The number of primary amides is 1. The van der Waals surface area contributed by atoms with E-state index in [4.69, 9.17) is 5.73 Å². The van der Waals surface area contributed by atoms with Crippen LogP contribution in [0.1, 0.15) is 29.5 Å². The molecule has 0 saturated heterocycles. The van der Waals surface area contributed by atoms with Crippen molar-refractivity contribution in [1.29, 1.82) is 0 Å². The highest BCUT2D eigenvalue weighted by Gasteiger charge is 2.17. The van der Waals surface area contributed by atoms with Gasteiger partial charge in [-0.2, -0.15) is 0 Å². The number of rotatable bonds is 4. The van der Waals surface area contributed by atoms with E-state index in [0.29, 0.717) is 12.8 Å². The number of nitrogens with zero attached hydrogens (tertiary/aromatic N) is 1. The third kappa shape index (κ3) is 3.34. The van der Waals surface area contributed by atoms with Gasteiger partial charge in [-0.1, -0.05) is 61.2 Å². The molecule has 0 unspecified atom stereocenters. The van der Waals surface area contributed by atoms with Crippen LogP contribution in [0.2, 0.25) is 0 Å². The van der Waals surface area contributed by atoms with E-state index in [2.05, 4.69) is 47.9 Å². The van der Waals surface area contributed by atoms with Gasteiger partial charge in [-0.05, 0) is 29.2 Å². The molecule has 3 nitrogen and oxygen atoms in total. The lowest BCUT2D eigenvalue weighted by atomic mass is 10.00. The first kappa shape index (κ1) is 15.1. The Hall–Kier alpha value is -2.81. The summed E-state index contributed by atoms with van der Waals surface area (Å²) in [5.41, 5.74) is 10.9. The average Bonchev–Trinajstić information content (AvgIpc) is 2.55. The molecule has 0 spiro atoms. The first-order chi connectivity index (χ1) is 11.1. The average molecular weight is 304 g/mol. The van der Waals surface area contributed by atoms with E-state index in [9.17, 15) is 4.79 Å². The summed E-state index contributed by atoms with van der Waals surface area (Å²) in [4.78, 5) is 13.3. The van der Waals surface area contributed by atoms with Crippen LogP contribution < -0.4 is 10.6 Å². The Bertz CT molecular complexity index is 777. The number of allylic oxidation sites excluding steroid dienone is 1. The van der Waals surface area contributed by atoms with Crippen molar-refractivity contribution >= 4 is 23.7 Å².